The summed E-state index contributed by atoms with van der Waals surface area (Å²) in [5, 5.41) is 1.23. The number of alkyl halides is 3. The Labute approximate surface area is 159 Å². The molecule has 5 heteroatoms. The summed E-state index contributed by atoms with van der Waals surface area (Å²) < 4.78 is 41.1. The predicted octanol–water partition coefficient (Wildman–Crippen LogP) is 5.74. The van der Waals surface area contributed by atoms with E-state index in [0.717, 1.165) is 17.7 Å². The topological polar surface area (TPSA) is 22.0 Å². The van der Waals surface area contributed by atoms with Crippen molar-refractivity contribution in [3.63, 3.8) is 0 Å². The van der Waals surface area contributed by atoms with Crippen LogP contribution in [0.4, 0.5) is 13.2 Å². The minimum absolute atomic E-state index is 0.227. The van der Waals surface area contributed by atoms with Crippen LogP contribution >= 0.6 is 0 Å². The second-order valence-corrected chi connectivity index (χ2v) is 6.57. The zero-order valence-corrected chi connectivity index (χ0v) is 14.8. The van der Waals surface area contributed by atoms with Crippen LogP contribution in [0.5, 0.6) is 0 Å². The number of fused-ring (bicyclic) bond motifs is 1. The summed E-state index contributed by atoms with van der Waals surface area (Å²) in [6.45, 7) is 0.274. The fourth-order valence-electron chi connectivity index (χ4n) is 3.31. The lowest BCUT2D eigenvalue weighted by atomic mass is 10.0. The fraction of sp³-hybridized carbons (Fsp3) is 0.0870. The van der Waals surface area contributed by atoms with E-state index in [1.54, 1.807) is 36.4 Å². The zero-order chi connectivity index (χ0) is 19.7. The van der Waals surface area contributed by atoms with E-state index < -0.39 is 11.7 Å². The summed E-state index contributed by atoms with van der Waals surface area (Å²) in [6, 6.07) is 23.3. The molecule has 1 heterocycles. The lowest BCUT2D eigenvalue weighted by Gasteiger charge is -2.16. The Morgan fingerprint density at radius 2 is 1.50 bits per heavy atom. The lowest BCUT2D eigenvalue weighted by Crippen LogP contribution is -2.22. The first-order valence-corrected chi connectivity index (χ1v) is 8.77. The Morgan fingerprint density at radius 3 is 2.25 bits per heavy atom. The normalized spacial score (nSPS) is 11.7. The molecular weight excluding hydrogens is 363 g/mol. The highest BCUT2D eigenvalue weighted by atomic mass is 19.4. The molecular formula is C23H16F3NO. The van der Waals surface area contributed by atoms with E-state index in [2.05, 4.69) is 0 Å². The standard InChI is InChI=1S/C23H16F3NO/c24-23(25,26)19-11-6-10-18(13-19)21-14-17-9-4-5-12-20(17)22(28)27(21)15-16-7-2-1-3-8-16/h1-14H,15H2. The molecule has 0 atom stereocenters. The SMILES string of the molecule is O=c1c2ccccc2cc(-c2cccc(C(F)(F)F)c2)n1Cc1ccccc1. The molecule has 0 bridgehead atoms. The van der Waals surface area contributed by atoms with Crippen molar-refractivity contribution in [2.75, 3.05) is 0 Å². The maximum absolute atomic E-state index is 13.2. The molecule has 0 amide bonds. The van der Waals surface area contributed by atoms with Gasteiger partial charge < -0.3 is 4.57 Å². The number of benzene rings is 3. The van der Waals surface area contributed by atoms with E-state index in [-0.39, 0.29) is 12.1 Å². The Kier molecular flexibility index (Phi) is 4.51. The van der Waals surface area contributed by atoms with Gasteiger partial charge in [-0.3, -0.25) is 4.79 Å². The van der Waals surface area contributed by atoms with Gasteiger partial charge in [-0.15, -0.1) is 0 Å². The van der Waals surface area contributed by atoms with Crippen LogP contribution in [-0.4, -0.2) is 4.57 Å². The molecule has 0 unspecified atom stereocenters. The Hall–Kier alpha value is -3.34. The molecule has 0 radical (unpaired) electrons. The monoisotopic (exact) mass is 379 g/mol. The highest BCUT2D eigenvalue weighted by molar-refractivity contribution is 5.85. The van der Waals surface area contributed by atoms with Gasteiger partial charge >= 0.3 is 6.18 Å². The summed E-state index contributed by atoms with van der Waals surface area (Å²) >= 11 is 0. The van der Waals surface area contributed by atoms with E-state index in [1.807, 2.05) is 30.3 Å². The molecule has 2 nitrogen and oxygen atoms in total. The van der Waals surface area contributed by atoms with Crippen molar-refractivity contribution in [1.29, 1.82) is 0 Å². The van der Waals surface area contributed by atoms with Crippen molar-refractivity contribution in [3.8, 4) is 11.3 Å². The molecule has 1 aromatic heterocycles. The molecule has 0 aliphatic rings. The van der Waals surface area contributed by atoms with Crippen molar-refractivity contribution in [2.45, 2.75) is 12.7 Å². The molecule has 0 aliphatic carbocycles. The number of pyridine rings is 1. The van der Waals surface area contributed by atoms with Gasteiger partial charge in [0, 0.05) is 5.39 Å². The number of rotatable bonds is 3. The molecule has 4 aromatic rings. The molecule has 0 aliphatic heterocycles. The van der Waals surface area contributed by atoms with Crippen molar-refractivity contribution < 1.29 is 13.2 Å². The van der Waals surface area contributed by atoms with Crippen molar-refractivity contribution in [3.05, 3.63) is 106 Å². The summed E-state index contributed by atoms with van der Waals surface area (Å²) in [5.41, 5.74) is 0.742. The van der Waals surface area contributed by atoms with Gasteiger partial charge in [-0.2, -0.15) is 13.2 Å². The average molecular weight is 379 g/mol. The molecule has 140 valence electrons. The van der Waals surface area contributed by atoms with Crippen LogP contribution in [0.15, 0.2) is 89.7 Å². The van der Waals surface area contributed by atoms with E-state index in [4.69, 9.17) is 0 Å². The van der Waals surface area contributed by atoms with E-state index in [1.165, 1.54) is 10.6 Å². The molecule has 0 N–H and O–H groups in total. The summed E-state index contributed by atoms with van der Waals surface area (Å²) in [4.78, 5) is 13.1. The minimum Gasteiger partial charge on any atom is -0.303 e. The van der Waals surface area contributed by atoms with Crippen LogP contribution in [0.25, 0.3) is 22.0 Å². The van der Waals surface area contributed by atoms with Crippen molar-refractivity contribution >= 4 is 10.8 Å². The molecule has 3 aromatic carbocycles. The molecule has 28 heavy (non-hydrogen) atoms. The number of aromatic nitrogens is 1. The van der Waals surface area contributed by atoms with Crippen LogP contribution < -0.4 is 5.56 Å². The van der Waals surface area contributed by atoms with Gasteiger partial charge in [0.15, 0.2) is 0 Å². The second kappa shape index (κ2) is 7.00. The number of hydrogen-bond acceptors (Lipinski definition) is 1. The fourth-order valence-corrected chi connectivity index (χ4v) is 3.31. The quantitative estimate of drug-likeness (QED) is 0.445. The maximum Gasteiger partial charge on any atom is 0.416 e. The van der Waals surface area contributed by atoms with Gasteiger partial charge in [0.25, 0.3) is 5.56 Å². The zero-order valence-electron chi connectivity index (χ0n) is 14.8. The first-order chi connectivity index (χ1) is 13.4. The molecule has 0 saturated carbocycles. The first kappa shape index (κ1) is 18.0. The van der Waals surface area contributed by atoms with Crippen molar-refractivity contribution in [2.24, 2.45) is 0 Å². The summed E-state index contributed by atoms with van der Waals surface area (Å²) in [6.07, 6.45) is -4.45. The third-order valence-corrected chi connectivity index (χ3v) is 4.69. The Balaban J connectivity index is 1.97. The van der Waals surface area contributed by atoms with Crippen LogP contribution in [0.1, 0.15) is 11.1 Å². The average Bonchev–Trinajstić information content (AvgIpc) is 2.70. The van der Waals surface area contributed by atoms with Crippen LogP contribution in [0, 0.1) is 0 Å². The first-order valence-electron chi connectivity index (χ1n) is 8.77. The van der Waals surface area contributed by atoms with Gasteiger partial charge in [-0.05, 0) is 40.8 Å². The van der Waals surface area contributed by atoms with E-state index in [9.17, 15) is 18.0 Å². The Bertz CT molecular complexity index is 1190. The molecule has 0 spiro atoms. The van der Waals surface area contributed by atoms with Crippen LogP contribution in [-0.2, 0) is 12.7 Å². The van der Waals surface area contributed by atoms with Gasteiger partial charge in [0.05, 0.1) is 17.8 Å². The minimum atomic E-state index is -4.45. The van der Waals surface area contributed by atoms with Crippen molar-refractivity contribution in [1.82, 2.24) is 4.57 Å². The lowest BCUT2D eigenvalue weighted by molar-refractivity contribution is -0.137. The highest BCUT2D eigenvalue weighted by Crippen LogP contribution is 2.32. The van der Waals surface area contributed by atoms with Gasteiger partial charge in [-0.25, -0.2) is 0 Å². The maximum atomic E-state index is 13.2. The van der Waals surface area contributed by atoms with E-state index >= 15 is 0 Å². The Morgan fingerprint density at radius 1 is 0.786 bits per heavy atom. The number of halogens is 3. The van der Waals surface area contributed by atoms with E-state index in [0.29, 0.717) is 22.0 Å². The second-order valence-electron chi connectivity index (χ2n) is 6.57. The molecule has 4 rings (SSSR count). The van der Waals surface area contributed by atoms with Crippen LogP contribution in [0.3, 0.4) is 0 Å². The number of nitrogens with zero attached hydrogens (tertiary/aromatic N) is 1. The number of hydrogen-bond donors (Lipinski definition) is 0. The highest BCUT2D eigenvalue weighted by Gasteiger charge is 2.30. The molecule has 0 fully saturated rings. The molecule has 0 saturated heterocycles. The predicted molar refractivity (Wildman–Crippen MR) is 104 cm³/mol. The third kappa shape index (κ3) is 3.43. The van der Waals surface area contributed by atoms with Gasteiger partial charge in [0.2, 0.25) is 0 Å². The van der Waals surface area contributed by atoms with Gasteiger partial charge in [0.1, 0.15) is 0 Å². The largest absolute Gasteiger partial charge is 0.416 e. The van der Waals surface area contributed by atoms with Gasteiger partial charge in [-0.1, -0.05) is 60.7 Å². The summed E-state index contributed by atoms with van der Waals surface area (Å²) in [7, 11) is 0. The van der Waals surface area contributed by atoms with Crippen LogP contribution in [0.2, 0.25) is 0 Å². The third-order valence-electron chi connectivity index (χ3n) is 4.69. The smallest absolute Gasteiger partial charge is 0.303 e. The summed E-state index contributed by atoms with van der Waals surface area (Å²) in [5.74, 6) is 0.